The van der Waals surface area contributed by atoms with Crippen molar-refractivity contribution in [3.63, 3.8) is 0 Å². The van der Waals surface area contributed by atoms with E-state index < -0.39 is 15.6 Å². The molecule has 0 amide bonds. The van der Waals surface area contributed by atoms with E-state index in [0.717, 1.165) is 24.4 Å². The topological polar surface area (TPSA) is 71.1 Å². The number of hydrogen-bond acceptors (Lipinski definition) is 5. The number of aromatic nitrogens is 1. The van der Waals surface area contributed by atoms with Gasteiger partial charge in [-0.3, -0.25) is 0 Å². The number of nitrogens with one attached hydrogen (secondary N) is 2. The summed E-state index contributed by atoms with van der Waals surface area (Å²) in [5, 5.41) is 5.43. The maximum Gasteiger partial charge on any atom is 0.216 e. The fourth-order valence-corrected chi connectivity index (χ4v) is 4.67. The molecule has 0 spiro atoms. The molecule has 1 aromatic rings. The first kappa shape index (κ1) is 13.9. The average Bonchev–Trinajstić information content (AvgIpc) is 2.83. The highest BCUT2D eigenvalue weighted by Crippen LogP contribution is 2.24. The van der Waals surface area contributed by atoms with E-state index in [2.05, 4.69) is 15.0 Å². The molecule has 1 aliphatic rings. The quantitative estimate of drug-likeness (QED) is 0.869. The summed E-state index contributed by atoms with van der Waals surface area (Å²) < 4.78 is 27.4. The molecular weight excluding hydrogens is 270 g/mol. The second-order valence-electron chi connectivity index (χ2n) is 5.08. The van der Waals surface area contributed by atoms with Gasteiger partial charge in [0.15, 0.2) is 0 Å². The Labute approximate surface area is 112 Å². The zero-order valence-corrected chi connectivity index (χ0v) is 12.3. The molecule has 0 radical (unpaired) electrons. The van der Waals surface area contributed by atoms with Gasteiger partial charge in [-0.2, -0.15) is 0 Å². The van der Waals surface area contributed by atoms with E-state index in [4.69, 9.17) is 0 Å². The number of thiazole rings is 1. The van der Waals surface area contributed by atoms with Gasteiger partial charge in [0, 0.05) is 18.1 Å². The molecule has 1 atom stereocenters. The minimum Gasteiger partial charge on any atom is -0.315 e. The van der Waals surface area contributed by atoms with Crippen LogP contribution in [-0.4, -0.2) is 31.7 Å². The predicted octanol–water partition coefficient (Wildman–Crippen LogP) is 1.05. The van der Waals surface area contributed by atoms with Crippen molar-refractivity contribution < 1.29 is 8.42 Å². The van der Waals surface area contributed by atoms with Crippen LogP contribution in [0.1, 0.15) is 31.7 Å². The van der Waals surface area contributed by atoms with E-state index in [1.54, 1.807) is 6.20 Å². The fourth-order valence-electron chi connectivity index (χ4n) is 2.10. The molecular formula is C11H19N3O2S2. The molecule has 1 fully saturated rings. The number of piperidine rings is 1. The Morgan fingerprint density at radius 1 is 1.56 bits per heavy atom. The second-order valence-corrected chi connectivity index (χ2v) is 7.93. The zero-order valence-electron chi connectivity index (χ0n) is 10.6. The summed E-state index contributed by atoms with van der Waals surface area (Å²) >= 11 is 1.46. The van der Waals surface area contributed by atoms with Gasteiger partial charge >= 0.3 is 0 Å². The normalized spacial score (nSPS) is 22.0. The Balaban J connectivity index is 2.12. The van der Waals surface area contributed by atoms with Crippen molar-refractivity contribution in [1.29, 1.82) is 0 Å². The Bertz CT molecular complexity index is 476. The molecule has 1 aromatic heterocycles. The Morgan fingerprint density at radius 2 is 2.33 bits per heavy atom. The zero-order chi connectivity index (χ0) is 13.2. The molecule has 102 valence electrons. The molecule has 5 nitrogen and oxygen atoms in total. The molecule has 2 N–H and O–H groups in total. The van der Waals surface area contributed by atoms with Gasteiger partial charge < -0.3 is 5.32 Å². The van der Waals surface area contributed by atoms with Crippen LogP contribution in [-0.2, 0) is 15.6 Å². The molecule has 1 unspecified atom stereocenters. The third-order valence-electron chi connectivity index (χ3n) is 3.05. The molecule has 18 heavy (non-hydrogen) atoms. The van der Waals surface area contributed by atoms with Crippen LogP contribution in [0.25, 0.3) is 0 Å². The van der Waals surface area contributed by atoms with Gasteiger partial charge in [0.05, 0.1) is 10.8 Å². The van der Waals surface area contributed by atoms with Crippen molar-refractivity contribution in [3.8, 4) is 0 Å². The summed E-state index contributed by atoms with van der Waals surface area (Å²) in [7, 11) is -3.31. The molecule has 0 saturated carbocycles. The number of rotatable bonds is 4. The summed E-state index contributed by atoms with van der Waals surface area (Å²) in [6.07, 6.45) is 3.32. The SMILES string of the molecule is CC(C)(NS(=O)(=O)C1CCCNC1)c1nccs1. The highest BCUT2D eigenvalue weighted by atomic mass is 32.2. The van der Waals surface area contributed by atoms with Gasteiger partial charge in [0.1, 0.15) is 5.01 Å². The highest BCUT2D eigenvalue weighted by Gasteiger charge is 2.34. The summed E-state index contributed by atoms with van der Waals surface area (Å²) in [6, 6.07) is 0. The molecule has 0 aliphatic carbocycles. The summed E-state index contributed by atoms with van der Waals surface area (Å²) in [5.41, 5.74) is -0.648. The maximum absolute atomic E-state index is 12.3. The Kier molecular flexibility index (Phi) is 4.05. The monoisotopic (exact) mass is 289 g/mol. The lowest BCUT2D eigenvalue weighted by Crippen LogP contribution is -2.49. The first-order valence-corrected chi connectivity index (χ1v) is 8.48. The average molecular weight is 289 g/mol. The van der Waals surface area contributed by atoms with E-state index in [9.17, 15) is 8.42 Å². The summed E-state index contributed by atoms with van der Waals surface area (Å²) in [6.45, 7) is 5.13. The van der Waals surface area contributed by atoms with Crippen LogP contribution in [0.2, 0.25) is 0 Å². The van der Waals surface area contributed by atoms with Crippen LogP contribution in [0.3, 0.4) is 0 Å². The van der Waals surface area contributed by atoms with Crippen LogP contribution < -0.4 is 10.0 Å². The van der Waals surface area contributed by atoms with Crippen molar-refractivity contribution in [1.82, 2.24) is 15.0 Å². The highest BCUT2D eigenvalue weighted by molar-refractivity contribution is 7.90. The number of hydrogen-bond donors (Lipinski definition) is 2. The molecule has 2 heterocycles. The van der Waals surface area contributed by atoms with Crippen molar-refractivity contribution in [2.75, 3.05) is 13.1 Å². The molecule has 0 aromatic carbocycles. The summed E-state index contributed by atoms with van der Waals surface area (Å²) in [5.74, 6) is 0. The van der Waals surface area contributed by atoms with Crippen LogP contribution >= 0.6 is 11.3 Å². The maximum atomic E-state index is 12.3. The van der Waals surface area contributed by atoms with Crippen LogP contribution in [0.5, 0.6) is 0 Å². The lowest BCUT2D eigenvalue weighted by atomic mass is 10.1. The molecule has 1 saturated heterocycles. The van der Waals surface area contributed by atoms with Gasteiger partial charge in [-0.1, -0.05) is 0 Å². The fraction of sp³-hybridized carbons (Fsp3) is 0.727. The third kappa shape index (κ3) is 3.09. The standard InChI is InChI=1S/C11H19N3O2S2/c1-11(2,10-13-6-7-17-10)14-18(15,16)9-4-3-5-12-8-9/h6-7,9,12,14H,3-5,8H2,1-2H3. The first-order chi connectivity index (χ1) is 8.42. The summed E-state index contributed by atoms with van der Waals surface area (Å²) in [4.78, 5) is 4.19. The van der Waals surface area contributed by atoms with Crippen molar-refractivity contribution in [3.05, 3.63) is 16.6 Å². The first-order valence-electron chi connectivity index (χ1n) is 6.05. The number of nitrogens with zero attached hydrogens (tertiary/aromatic N) is 1. The predicted molar refractivity (Wildman–Crippen MR) is 73.1 cm³/mol. The lowest BCUT2D eigenvalue weighted by molar-refractivity contribution is 0.444. The lowest BCUT2D eigenvalue weighted by Gasteiger charge is -2.29. The number of sulfonamides is 1. The van der Waals surface area contributed by atoms with E-state index >= 15 is 0 Å². The van der Waals surface area contributed by atoms with Gasteiger partial charge in [-0.15, -0.1) is 11.3 Å². The minimum atomic E-state index is -3.31. The Morgan fingerprint density at radius 3 is 2.89 bits per heavy atom. The molecule has 7 heteroatoms. The van der Waals surface area contributed by atoms with Crippen LogP contribution in [0.4, 0.5) is 0 Å². The smallest absolute Gasteiger partial charge is 0.216 e. The van der Waals surface area contributed by atoms with E-state index in [-0.39, 0.29) is 5.25 Å². The van der Waals surface area contributed by atoms with Gasteiger partial charge in [0.25, 0.3) is 0 Å². The van der Waals surface area contributed by atoms with Crippen molar-refractivity contribution in [2.45, 2.75) is 37.5 Å². The van der Waals surface area contributed by atoms with Gasteiger partial charge in [-0.05, 0) is 33.2 Å². The van der Waals surface area contributed by atoms with Gasteiger partial charge in [-0.25, -0.2) is 18.1 Å². The van der Waals surface area contributed by atoms with E-state index in [1.807, 2.05) is 19.2 Å². The van der Waals surface area contributed by atoms with Crippen LogP contribution in [0, 0.1) is 0 Å². The van der Waals surface area contributed by atoms with Crippen molar-refractivity contribution in [2.24, 2.45) is 0 Å². The molecule has 2 rings (SSSR count). The van der Waals surface area contributed by atoms with E-state index in [1.165, 1.54) is 11.3 Å². The largest absolute Gasteiger partial charge is 0.315 e. The molecule has 1 aliphatic heterocycles. The Hall–Kier alpha value is -0.500. The van der Waals surface area contributed by atoms with Crippen LogP contribution in [0.15, 0.2) is 11.6 Å². The van der Waals surface area contributed by atoms with E-state index in [0.29, 0.717) is 6.54 Å². The van der Waals surface area contributed by atoms with Gasteiger partial charge in [0.2, 0.25) is 10.0 Å². The van der Waals surface area contributed by atoms with Crippen molar-refractivity contribution >= 4 is 21.4 Å². The molecule has 0 bridgehead atoms. The minimum absolute atomic E-state index is 0.342. The second kappa shape index (κ2) is 5.24. The third-order valence-corrected chi connectivity index (χ3v) is 6.23.